The van der Waals surface area contributed by atoms with Crippen molar-refractivity contribution in [2.45, 2.75) is 139 Å². The summed E-state index contributed by atoms with van der Waals surface area (Å²) < 4.78 is 0. The Bertz CT molecular complexity index is 3050. The van der Waals surface area contributed by atoms with Crippen LogP contribution in [-0.2, 0) is 73.7 Å². The van der Waals surface area contributed by atoms with Gasteiger partial charge in [-0.2, -0.15) is 4.98 Å². The van der Waals surface area contributed by atoms with Crippen LogP contribution >= 0.6 is 0 Å². The van der Waals surface area contributed by atoms with E-state index in [-0.39, 0.29) is 23.9 Å². The molecule has 0 aliphatic rings. The van der Waals surface area contributed by atoms with E-state index in [9.17, 15) is 108 Å². The van der Waals surface area contributed by atoms with Crippen molar-refractivity contribution in [3.05, 3.63) is 53.6 Å². The van der Waals surface area contributed by atoms with E-state index in [1.54, 1.807) is 30.3 Å². The SMILES string of the molecule is Nc1nc(N)c2cc(NCc3ccc(C(=O)N[C@@H](CCC(=O)O)C(=O)N[C@@H](CCC(=O)O)C(=O)N[C@@H](CCC(=O)O)C(=O)N[C@@H](CCC(=O)O)C(=O)N[C@@H](CCC(=O)O)C(=O)N[C@@H](CCC(=O)O)C(=O)N[C@@H](CCC(=O)O)C(=O)O)cc3)ccc2n1. The fraction of sp³-hybridized carbons (Fsp3) is 0.431. The molecule has 2 aromatic carbocycles. The van der Waals surface area contributed by atoms with E-state index in [2.05, 4.69) is 47.2 Å². The number of amides is 7. The maximum absolute atomic E-state index is 14.0. The molecule has 0 unspecified atom stereocenters. The molecular weight excluding hydrogens is 1150 g/mol. The Morgan fingerprint density at radius 3 is 1.00 bits per heavy atom. The van der Waals surface area contributed by atoms with E-state index in [0.717, 1.165) is 0 Å². The number of carbonyl (C=O) groups is 15. The average Bonchev–Trinajstić information content (AvgIpc) is 2.27. The van der Waals surface area contributed by atoms with Crippen LogP contribution in [0.5, 0.6) is 0 Å². The molecule has 0 aliphatic carbocycles. The minimum atomic E-state index is -2.05. The van der Waals surface area contributed by atoms with Gasteiger partial charge in [-0.1, -0.05) is 12.1 Å². The summed E-state index contributed by atoms with van der Waals surface area (Å²) in [7, 11) is 0. The van der Waals surface area contributed by atoms with E-state index in [0.29, 0.717) is 22.2 Å². The van der Waals surface area contributed by atoms with Crippen molar-refractivity contribution >= 4 is 117 Å². The lowest BCUT2D eigenvalue weighted by molar-refractivity contribution is -0.144. The van der Waals surface area contributed by atoms with E-state index < -0.39 is 221 Å². The largest absolute Gasteiger partial charge is 0.481 e. The molecular formula is C51H64N12O23. The molecule has 3 aromatic rings. The Morgan fingerprint density at radius 1 is 0.384 bits per heavy atom. The molecule has 0 saturated carbocycles. The van der Waals surface area contributed by atoms with Crippen molar-refractivity contribution in [2.24, 2.45) is 0 Å². The van der Waals surface area contributed by atoms with Crippen molar-refractivity contribution in [3.63, 3.8) is 0 Å². The molecule has 0 spiro atoms. The molecule has 86 heavy (non-hydrogen) atoms. The van der Waals surface area contributed by atoms with Gasteiger partial charge in [-0.15, -0.1) is 0 Å². The van der Waals surface area contributed by atoms with Crippen LogP contribution < -0.4 is 54.0 Å². The van der Waals surface area contributed by atoms with Gasteiger partial charge in [0, 0.05) is 68.1 Å². The van der Waals surface area contributed by atoms with Gasteiger partial charge >= 0.3 is 47.8 Å². The number of anilines is 3. The third-order valence-corrected chi connectivity index (χ3v) is 12.4. The molecule has 0 saturated heterocycles. The smallest absolute Gasteiger partial charge is 0.326 e. The lowest BCUT2D eigenvalue weighted by atomic mass is 10.0. The van der Waals surface area contributed by atoms with Crippen LogP contribution in [-0.4, -0.2) is 182 Å². The third-order valence-electron chi connectivity index (χ3n) is 12.4. The second-order valence-electron chi connectivity index (χ2n) is 19.0. The van der Waals surface area contributed by atoms with E-state index in [1.165, 1.54) is 12.1 Å². The maximum atomic E-state index is 14.0. The molecule has 35 heteroatoms. The maximum Gasteiger partial charge on any atom is 0.326 e. The standard InChI is InChI=1S/C51H64N12O23/c52-42-26-21-25(5-6-27(26)62-51(53)63-42)54-22-23-1-3-24(4-2-23)43(78)55-28(7-14-35(64)65)44(79)56-29(8-15-36(66)67)45(80)57-30(9-16-37(68)69)46(81)58-31(10-17-38(70)71)47(82)59-32(11-18-39(72)73)48(83)60-33(12-19-40(74)75)49(84)61-34(50(85)86)13-20-41(76)77/h1-6,21,28-34,54H,7-20,22H2,(H,55,78)(H,56,79)(H,57,80)(H,58,81)(H,59,82)(H,60,83)(H,61,84)(H,64,65)(H,66,67)(H,68,69)(H,70,71)(H,72,73)(H,74,75)(H,76,77)(H,85,86)(H4,52,53,62,63)/t28-,29-,30-,31-,32-,33-,34-/m0/s1. The molecule has 0 bridgehead atoms. The average molecular weight is 1210 g/mol. The molecule has 20 N–H and O–H groups in total. The first-order chi connectivity index (χ1) is 40.4. The Kier molecular flexibility index (Phi) is 27.5. The van der Waals surface area contributed by atoms with Crippen molar-refractivity contribution in [1.29, 1.82) is 0 Å². The highest BCUT2D eigenvalue weighted by molar-refractivity contribution is 6.00. The van der Waals surface area contributed by atoms with Crippen LogP contribution in [0, 0.1) is 0 Å². The lowest BCUT2D eigenvalue weighted by Gasteiger charge is -2.27. The van der Waals surface area contributed by atoms with Crippen molar-refractivity contribution < 1.29 is 113 Å². The first-order valence-electron chi connectivity index (χ1n) is 26.0. The summed E-state index contributed by atoms with van der Waals surface area (Å²) in [5, 5.41) is 93.9. The summed E-state index contributed by atoms with van der Waals surface area (Å²) in [6, 6.07) is -2.62. The summed E-state index contributed by atoms with van der Waals surface area (Å²) in [6.45, 7) is 0.232. The van der Waals surface area contributed by atoms with Gasteiger partial charge in [0.15, 0.2) is 0 Å². The fourth-order valence-corrected chi connectivity index (χ4v) is 7.88. The molecule has 0 radical (unpaired) electrons. The normalized spacial score (nSPS) is 13.3. The predicted octanol–water partition coefficient (Wildman–Crippen LogP) is -2.45. The van der Waals surface area contributed by atoms with Gasteiger partial charge in [0.1, 0.15) is 48.1 Å². The number of carboxylic acid groups (broad SMARTS) is 8. The molecule has 1 heterocycles. The number of nitrogens with one attached hydrogen (secondary N) is 8. The minimum Gasteiger partial charge on any atom is -0.481 e. The van der Waals surface area contributed by atoms with Crippen LogP contribution in [0.3, 0.4) is 0 Å². The van der Waals surface area contributed by atoms with Gasteiger partial charge < -0.3 is 94.9 Å². The summed E-state index contributed by atoms with van der Waals surface area (Å²) in [5.41, 5.74) is 13.4. The molecule has 7 amide bonds. The van der Waals surface area contributed by atoms with Crippen molar-refractivity contribution in [1.82, 2.24) is 47.2 Å². The van der Waals surface area contributed by atoms with Crippen molar-refractivity contribution in [3.8, 4) is 0 Å². The van der Waals surface area contributed by atoms with E-state index >= 15 is 0 Å². The molecule has 0 aliphatic heterocycles. The minimum absolute atomic E-state index is 0.00423. The van der Waals surface area contributed by atoms with Gasteiger partial charge in [0.05, 0.1) is 5.52 Å². The zero-order valence-electron chi connectivity index (χ0n) is 45.4. The Labute approximate surface area is 485 Å². The first-order valence-corrected chi connectivity index (χ1v) is 26.0. The number of carbonyl (C=O) groups excluding carboxylic acids is 7. The highest BCUT2D eigenvalue weighted by Crippen LogP contribution is 2.23. The monoisotopic (exact) mass is 1210 g/mol. The molecule has 1 aromatic heterocycles. The van der Waals surface area contributed by atoms with Crippen LogP contribution in [0.2, 0.25) is 0 Å². The highest BCUT2D eigenvalue weighted by Gasteiger charge is 2.35. The molecule has 3 rings (SSSR count). The van der Waals surface area contributed by atoms with Gasteiger partial charge in [-0.25, -0.2) is 9.78 Å². The summed E-state index contributed by atoms with van der Waals surface area (Å²) in [4.78, 5) is 197. The summed E-state index contributed by atoms with van der Waals surface area (Å²) >= 11 is 0. The van der Waals surface area contributed by atoms with E-state index in [4.69, 9.17) is 16.6 Å². The number of hydrogen-bond acceptors (Lipinski definition) is 20. The Morgan fingerprint density at radius 2 is 0.686 bits per heavy atom. The van der Waals surface area contributed by atoms with Gasteiger partial charge in [0.25, 0.3) is 5.91 Å². The molecule has 466 valence electrons. The number of hydrogen-bond donors (Lipinski definition) is 18. The second-order valence-corrected chi connectivity index (χ2v) is 19.0. The number of rotatable bonds is 39. The molecule has 7 atom stereocenters. The number of fused-ring (bicyclic) bond motifs is 1. The number of benzene rings is 2. The first kappa shape index (κ1) is 69.5. The third kappa shape index (κ3) is 24.8. The number of carboxylic acids is 8. The Hall–Kier alpha value is -10.8. The van der Waals surface area contributed by atoms with Gasteiger partial charge in [-0.05, 0) is 80.8 Å². The highest BCUT2D eigenvalue weighted by atomic mass is 16.4. The number of aromatic nitrogens is 2. The van der Waals surface area contributed by atoms with Crippen LogP contribution in [0.1, 0.15) is 106 Å². The van der Waals surface area contributed by atoms with Gasteiger partial charge in [-0.3, -0.25) is 67.1 Å². The zero-order valence-corrected chi connectivity index (χ0v) is 45.4. The van der Waals surface area contributed by atoms with Gasteiger partial charge in [0.2, 0.25) is 41.4 Å². The zero-order chi connectivity index (χ0) is 64.4. The number of aliphatic carboxylic acids is 8. The molecule has 35 nitrogen and oxygen atoms in total. The topological polar surface area (TPSA) is 592 Å². The van der Waals surface area contributed by atoms with Crippen LogP contribution in [0.4, 0.5) is 17.5 Å². The summed E-state index contributed by atoms with van der Waals surface area (Å²) in [6.07, 6.45) is -11.2. The quantitative estimate of drug-likeness (QED) is 0.0282. The number of nitrogens with zero attached hydrogens (tertiary/aromatic N) is 2. The van der Waals surface area contributed by atoms with Crippen LogP contribution in [0.15, 0.2) is 42.5 Å². The van der Waals surface area contributed by atoms with Crippen LogP contribution in [0.25, 0.3) is 10.9 Å². The lowest BCUT2D eigenvalue weighted by Crippen LogP contribution is -2.60. The molecule has 0 fully saturated rings. The van der Waals surface area contributed by atoms with E-state index in [1.807, 2.05) is 5.32 Å². The Balaban J connectivity index is 1.88. The number of nitrogen functional groups attached to an aromatic ring is 2. The van der Waals surface area contributed by atoms with Crippen molar-refractivity contribution in [2.75, 3.05) is 16.8 Å². The second kappa shape index (κ2) is 34.0. The predicted molar refractivity (Wildman–Crippen MR) is 291 cm³/mol. The number of nitrogens with two attached hydrogens (primary N) is 2. The fourth-order valence-electron chi connectivity index (χ4n) is 7.88. The summed E-state index contributed by atoms with van der Waals surface area (Å²) in [5.74, 6) is -21.4.